The van der Waals surface area contributed by atoms with E-state index in [1.165, 1.54) is 0 Å². The zero-order chi connectivity index (χ0) is 8.27. The topological polar surface area (TPSA) is 20.3 Å². The Morgan fingerprint density at radius 3 is 3.09 bits per heavy atom. The first kappa shape index (κ1) is 8.94. The smallest absolute Gasteiger partial charge is 0.0447 e. The molecule has 0 N–H and O–H groups in total. The molecule has 0 saturated carbocycles. The molecule has 1 aliphatic rings. The lowest BCUT2D eigenvalue weighted by atomic mass is 10.4. The summed E-state index contributed by atoms with van der Waals surface area (Å²) in [6.45, 7) is 8.58. The molecule has 64 valence electrons. The van der Waals surface area contributed by atoms with E-state index in [2.05, 4.69) is 11.5 Å². The monoisotopic (exact) mass is 173 g/mol. The van der Waals surface area contributed by atoms with Crippen LogP contribution in [0.25, 0.3) is 0 Å². The summed E-state index contributed by atoms with van der Waals surface area (Å²) in [5.74, 6) is 0.828. The first-order valence-corrected chi connectivity index (χ1v) is 5.32. The van der Waals surface area contributed by atoms with E-state index in [0.29, 0.717) is 5.25 Å². The Kier molecular flexibility index (Phi) is 3.27. The summed E-state index contributed by atoms with van der Waals surface area (Å²) >= 11 is 0. The fourth-order valence-electron chi connectivity index (χ4n) is 1.31. The Morgan fingerprint density at radius 1 is 1.82 bits per heavy atom. The fraction of sp³-hybridized carbons (Fsp3) is 0.750. The zero-order valence-electron chi connectivity index (χ0n) is 6.95. The van der Waals surface area contributed by atoms with Crippen LogP contribution in [-0.2, 0) is 10.8 Å². The van der Waals surface area contributed by atoms with Gasteiger partial charge in [-0.25, -0.2) is 0 Å². The molecule has 1 heterocycles. The van der Waals surface area contributed by atoms with Crippen LogP contribution in [0.5, 0.6) is 0 Å². The van der Waals surface area contributed by atoms with Crippen LogP contribution in [0.15, 0.2) is 12.7 Å². The van der Waals surface area contributed by atoms with E-state index in [0.717, 1.165) is 25.4 Å². The van der Waals surface area contributed by atoms with Crippen LogP contribution in [0.3, 0.4) is 0 Å². The Bertz CT molecular complexity index is 169. The van der Waals surface area contributed by atoms with Crippen LogP contribution in [0.2, 0.25) is 0 Å². The minimum Gasteiger partial charge on any atom is -0.298 e. The van der Waals surface area contributed by atoms with Crippen molar-refractivity contribution in [3.05, 3.63) is 12.7 Å². The third-order valence-corrected chi connectivity index (χ3v) is 3.59. The van der Waals surface area contributed by atoms with Crippen molar-refractivity contribution in [2.45, 2.75) is 12.2 Å². The molecule has 0 spiro atoms. The summed E-state index contributed by atoms with van der Waals surface area (Å²) in [6.07, 6.45) is 1.90. The van der Waals surface area contributed by atoms with Crippen molar-refractivity contribution in [3.63, 3.8) is 0 Å². The van der Waals surface area contributed by atoms with Crippen LogP contribution in [-0.4, -0.2) is 39.7 Å². The molecular formula is C8H15NOS. The summed E-state index contributed by atoms with van der Waals surface area (Å²) in [6, 6.07) is 0. The predicted octanol–water partition coefficient (Wildman–Crippen LogP) is 0.625. The molecule has 0 aliphatic carbocycles. The Hall–Kier alpha value is -0.150. The van der Waals surface area contributed by atoms with Gasteiger partial charge in [0.15, 0.2) is 0 Å². The van der Waals surface area contributed by atoms with Gasteiger partial charge in [-0.05, 0) is 6.92 Å². The van der Waals surface area contributed by atoms with Crippen molar-refractivity contribution >= 4 is 10.8 Å². The van der Waals surface area contributed by atoms with Gasteiger partial charge in [0, 0.05) is 41.4 Å². The number of hydrogen-bond donors (Lipinski definition) is 0. The van der Waals surface area contributed by atoms with Gasteiger partial charge in [0.2, 0.25) is 0 Å². The molecule has 1 saturated heterocycles. The van der Waals surface area contributed by atoms with Gasteiger partial charge in [-0.15, -0.1) is 6.58 Å². The fourth-order valence-corrected chi connectivity index (χ4v) is 2.52. The summed E-state index contributed by atoms with van der Waals surface area (Å²) in [7, 11) is -0.585. The summed E-state index contributed by atoms with van der Waals surface area (Å²) < 4.78 is 11.2. The molecule has 2 atom stereocenters. The second-order valence-electron chi connectivity index (χ2n) is 2.94. The van der Waals surface area contributed by atoms with Gasteiger partial charge < -0.3 is 0 Å². The van der Waals surface area contributed by atoms with E-state index in [9.17, 15) is 4.21 Å². The lowest BCUT2D eigenvalue weighted by Crippen LogP contribution is -2.42. The molecule has 2 unspecified atom stereocenters. The van der Waals surface area contributed by atoms with E-state index in [1.807, 2.05) is 13.0 Å². The lowest BCUT2D eigenvalue weighted by molar-refractivity contribution is 0.312. The van der Waals surface area contributed by atoms with Crippen LogP contribution in [0.1, 0.15) is 6.92 Å². The van der Waals surface area contributed by atoms with Gasteiger partial charge in [-0.1, -0.05) is 6.08 Å². The molecule has 1 rings (SSSR count). The Labute approximate surface area is 70.7 Å². The average Bonchev–Trinajstić information content (AvgIpc) is 1.98. The Morgan fingerprint density at radius 2 is 2.55 bits per heavy atom. The van der Waals surface area contributed by atoms with Gasteiger partial charge in [0.05, 0.1) is 0 Å². The zero-order valence-corrected chi connectivity index (χ0v) is 7.77. The highest BCUT2D eigenvalue weighted by atomic mass is 32.2. The Balaban J connectivity index is 2.39. The standard InChI is InChI=1S/C8H15NOS/c1-3-4-9-5-6-11(10)8(2)7-9/h3,8H,1,4-7H2,2H3. The highest BCUT2D eigenvalue weighted by Crippen LogP contribution is 2.07. The van der Waals surface area contributed by atoms with E-state index in [4.69, 9.17) is 0 Å². The summed E-state index contributed by atoms with van der Waals surface area (Å²) in [5, 5.41) is 0.337. The molecule has 0 radical (unpaired) electrons. The van der Waals surface area contributed by atoms with Gasteiger partial charge in [-0.2, -0.15) is 0 Å². The first-order chi connectivity index (χ1) is 5.24. The SMILES string of the molecule is C=CCN1CCS(=O)C(C)C1. The molecule has 0 aromatic heterocycles. The maximum atomic E-state index is 11.2. The van der Waals surface area contributed by atoms with Crippen molar-refractivity contribution in [1.82, 2.24) is 4.90 Å². The number of rotatable bonds is 2. The van der Waals surface area contributed by atoms with Crippen LogP contribution < -0.4 is 0 Å². The highest BCUT2D eigenvalue weighted by molar-refractivity contribution is 7.85. The van der Waals surface area contributed by atoms with Crippen molar-refractivity contribution in [2.24, 2.45) is 0 Å². The largest absolute Gasteiger partial charge is 0.298 e. The molecular weight excluding hydrogens is 158 g/mol. The maximum absolute atomic E-state index is 11.2. The molecule has 0 aromatic rings. The van der Waals surface area contributed by atoms with Crippen LogP contribution in [0, 0.1) is 0 Å². The van der Waals surface area contributed by atoms with Gasteiger partial charge in [-0.3, -0.25) is 9.11 Å². The van der Waals surface area contributed by atoms with Crippen molar-refractivity contribution in [3.8, 4) is 0 Å². The van der Waals surface area contributed by atoms with E-state index >= 15 is 0 Å². The first-order valence-electron chi connectivity index (χ1n) is 3.94. The minimum atomic E-state index is -0.585. The summed E-state index contributed by atoms with van der Waals surface area (Å²) in [4.78, 5) is 2.29. The molecule has 0 bridgehead atoms. The second kappa shape index (κ2) is 4.02. The molecule has 1 fully saturated rings. The van der Waals surface area contributed by atoms with Crippen LogP contribution in [0.4, 0.5) is 0 Å². The van der Waals surface area contributed by atoms with Crippen molar-refractivity contribution < 1.29 is 4.21 Å². The molecule has 3 heteroatoms. The van der Waals surface area contributed by atoms with E-state index < -0.39 is 10.8 Å². The second-order valence-corrected chi connectivity index (χ2v) is 4.92. The van der Waals surface area contributed by atoms with E-state index in [1.54, 1.807) is 0 Å². The summed E-state index contributed by atoms with van der Waals surface area (Å²) in [5.41, 5.74) is 0. The van der Waals surface area contributed by atoms with Crippen molar-refractivity contribution in [1.29, 1.82) is 0 Å². The highest BCUT2D eigenvalue weighted by Gasteiger charge is 2.20. The predicted molar refractivity (Wildman–Crippen MR) is 49.1 cm³/mol. The number of hydrogen-bond acceptors (Lipinski definition) is 2. The quantitative estimate of drug-likeness (QED) is 0.571. The molecule has 0 aromatic carbocycles. The van der Waals surface area contributed by atoms with Crippen LogP contribution >= 0.6 is 0 Å². The van der Waals surface area contributed by atoms with Crippen molar-refractivity contribution in [2.75, 3.05) is 25.4 Å². The van der Waals surface area contributed by atoms with Gasteiger partial charge in [0.1, 0.15) is 0 Å². The maximum Gasteiger partial charge on any atom is 0.0447 e. The van der Waals surface area contributed by atoms with E-state index in [-0.39, 0.29) is 0 Å². The number of nitrogens with zero attached hydrogens (tertiary/aromatic N) is 1. The molecule has 2 nitrogen and oxygen atoms in total. The molecule has 1 aliphatic heterocycles. The normalized spacial score (nSPS) is 33.5. The lowest BCUT2D eigenvalue weighted by Gasteiger charge is -2.29. The van der Waals surface area contributed by atoms with Gasteiger partial charge in [0.25, 0.3) is 0 Å². The van der Waals surface area contributed by atoms with Gasteiger partial charge >= 0.3 is 0 Å². The molecule has 0 amide bonds. The third kappa shape index (κ3) is 2.42. The molecule has 11 heavy (non-hydrogen) atoms. The minimum absolute atomic E-state index is 0.337. The average molecular weight is 173 g/mol. The third-order valence-electron chi connectivity index (χ3n) is 1.96.